The van der Waals surface area contributed by atoms with E-state index in [4.69, 9.17) is 11.6 Å². The Balaban J connectivity index is 1.96. The number of benzene rings is 1. The van der Waals surface area contributed by atoms with Gasteiger partial charge in [-0.3, -0.25) is 4.98 Å². The van der Waals surface area contributed by atoms with E-state index in [0.717, 1.165) is 6.20 Å². The van der Waals surface area contributed by atoms with Gasteiger partial charge >= 0.3 is 30.4 Å². The summed E-state index contributed by atoms with van der Waals surface area (Å²) in [7, 11) is 0. The Morgan fingerprint density at radius 1 is 1.12 bits per heavy atom. The molecule has 0 radical (unpaired) electrons. The van der Waals surface area contributed by atoms with E-state index in [-0.39, 0.29) is 15.6 Å². The molecule has 0 aliphatic carbocycles. The lowest BCUT2D eigenvalue weighted by atomic mass is 10.0. The molecule has 1 saturated heterocycles. The van der Waals surface area contributed by atoms with Crippen LogP contribution in [0.15, 0.2) is 36.5 Å². The zero-order valence-electron chi connectivity index (χ0n) is 16.5. The largest absolute Gasteiger partial charge is 0.461 e. The van der Waals surface area contributed by atoms with Crippen molar-refractivity contribution in [1.82, 2.24) is 15.2 Å². The van der Waals surface area contributed by atoms with Crippen molar-refractivity contribution < 1.29 is 49.0 Å². The van der Waals surface area contributed by atoms with E-state index in [0.29, 0.717) is 18.2 Å². The molecule has 15 heteroatoms. The molecule has 0 spiro atoms. The summed E-state index contributed by atoms with van der Waals surface area (Å²) in [6, 6.07) is 1.10. The molecule has 34 heavy (non-hydrogen) atoms. The first-order chi connectivity index (χ1) is 15.6. The highest BCUT2D eigenvalue weighted by Gasteiger charge is 2.64. The molecule has 3 rings (SSSR count). The molecular weight excluding hydrogens is 509 g/mol. The lowest BCUT2D eigenvalue weighted by Crippen LogP contribution is -2.42. The van der Waals surface area contributed by atoms with Crippen LogP contribution in [-0.4, -0.2) is 53.4 Å². The Kier molecular flexibility index (Phi) is 6.84. The van der Waals surface area contributed by atoms with Gasteiger partial charge in [0, 0.05) is 12.3 Å². The first-order valence-electron chi connectivity index (χ1n) is 9.19. The van der Waals surface area contributed by atoms with E-state index in [9.17, 15) is 44.3 Å². The van der Waals surface area contributed by atoms with Crippen LogP contribution in [0, 0.1) is 5.82 Å². The van der Waals surface area contributed by atoms with Crippen molar-refractivity contribution in [2.24, 2.45) is 0 Å². The molecule has 1 aliphatic rings. The third-order valence-corrected chi connectivity index (χ3v) is 4.87. The Morgan fingerprint density at radius 2 is 1.74 bits per heavy atom. The highest BCUT2D eigenvalue weighted by molar-refractivity contribution is 6.30. The monoisotopic (exact) mass is 521 g/mol. The number of aromatic nitrogens is 1. The van der Waals surface area contributed by atoms with Gasteiger partial charge < -0.3 is 15.0 Å². The standard InChI is InChI=1S/C19H13ClF9N3O2/c20-10-1-2-13(30-6-10)14(31-16(33)32-7-17(24,25)18(26,27)8-32)9-3-11(21)5-12(4-9)34-19(28,29)15(22)23/h1-6,14-15H,7-8H2,(H,31,33)/t14-/m0/s1. The van der Waals surface area contributed by atoms with Gasteiger partial charge in [0.25, 0.3) is 0 Å². The second kappa shape index (κ2) is 9.04. The van der Waals surface area contributed by atoms with E-state index in [1.54, 1.807) is 0 Å². The summed E-state index contributed by atoms with van der Waals surface area (Å²) in [5.41, 5.74) is -0.548. The van der Waals surface area contributed by atoms with Gasteiger partial charge in [-0.15, -0.1) is 0 Å². The minimum atomic E-state index is -4.99. The Labute approximate surface area is 190 Å². The first-order valence-corrected chi connectivity index (χ1v) is 9.57. The van der Waals surface area contributed by atoms with Gasteiger partial charge in [-0.2, -0.15) is 35.1 Å². The number of pyridine rings is 1. The van der Waals surface area contributed by atoms with Crippen molar-refractivity contribution in [2.45, 2.75) is 30.4 Å². The second-order valence-corrected chi connectivity index (χ2v) is 7.67. The number of alkyl halides is 8. The number of ether oxygens (including phenoxy) is 1. The summed E-state index contributed by atoms with van der Waals surface area (Å²) in [5, 5.41) is 2.19. The van der Waals surface area contributed by atoms with Crippen molar-refractivity contribution >= 4 is 17.6 Å². The summed E-state index contributed by atoms with van der Waals surface area (Å²) in [6.07, 6.45) is -8.18. The van der Waals surface area contributed by atoms with Gasteiger partial charge in [0.15, 0.2) is 0 Å². The minimum Gasteiger partial charge on any atom is -0.428 e. The van der Waals surface area contributed by atoms with E-state index < -0.39 is 66.7 Å². The third kappa shape index (κ3) is 5.42. The summed E-state index contributed by atoms with van der Waals surface area (Å²) in [5.74, 6) is -11.4. The van der Waals surface area contributed by atoms with Crippen LogP contribution < -0.4 is 10.1 Å². The average molecular weight is 522 g/mol. The first kappa shape index (κ1) is 25.7. The number of amides is 2. The molecule has 1 atom stereocenters. The van der Waals surface area contributed by atoms with Gasteiger partial charge in [0.1, 0.15) is 11.6 Å². The van der Waals surface area contributed by atoms with E-state index in [1.165, 1.54) is 12.1 Å². The Hall–Kier alpha value is -2.90. The van der Waals surface area contributed by atoms with Gasteiger partial charge in [0.05, 0.1) is 29.8 Å². The smallest absolute Gasteiger partial charge is 0.428 e. The second-order valence-electron chi connectivity index (χ2n) is 7.23. The van der Waals surface area contributed by atoms with E-state index in [2.05, 4.69) is 15.0 Å². The number of likely N-dealkylation sites (tertiary alicyclic amines) is 1. The molecular formula is C19H13ClF9N3O2. The topological polar surface area (TPSA) is 54.5 Å². The third-order valence-electron chi connectivity index (χ3n) is 4.65. The lowest BCUT2D eigenvalue weighted by Gasteiger charge is -2.24. The number of urea groups is 1. The number of hydrogen-bond acceptors (Lipinski definition) is 3. The number of nitrogens with one attached hydrogen (secondary N) is 1. The maximum atomic E-state index is 14.1. The molecule has 186 valence electrons. The molecule has 2 heterocycles. The zero-order chi connectivity index (χ0) is 25.5. The van der Waals surface area contributed by atoms with E-state index in [1.807, 2.05) is 0 Å². The Morgan fingerprint density at radius 3 is 2.26 bits per heavy atom. The number of halogens is 10. The van der Waals surface area contributed by atoms with Crippen LogP contribution in [0.4, 0.5) is 44.3 Å². The number of carbonyl (C=O) groups is 1. The van der Waals surface area contributed by atoms with E-state index >= 15 is 0 Å². The molecule has 2 aromatic rings. The fourth-order valence-electron chi connectivity index (χ4n) is 3.02. The van der Waals surface area contributed by atoms with Gasteiger partial charge in [-0.05, 0) is 29.8 Å². The summed E-state index contributed by atoms with van der Waals surface area (Å²) < 4.78 is 123. The quantitative estimate of drug-likeness (QED) is 0.511. The predicted octanol–water partition coefficient (Wildman–Crippen LogP) is 5.50. The summed E-state index contributed by atoms with van der Waals surface area (Å²) >= 11 is 5.73. The number of rotatable bonds is 6. The number of nitrogens with zero attached hydrogens (tertiary/aromatic N) is 2. The van der Waals surface area contributed by atoms with Gasteiger partial charge in [-0.25, -0.2) is 9.18 Å². The highest BCUT2D eigenvalue weighted by Crippen LogP contribution is 2.41. The van der Waals surface area contributed by atoms with Crippen molar-refractivity contribution in [3.63, 3.8) is 0 Å². The fraction of sp³-hybridized carbons (Fsp3) is 0.368. The van der Waals surface area contributed by atoms with Crippen LogP contribution in [0.3, 0.4) is 0 Å². The van der Waals surface area contributed by atoms with Crippen LogP contribution in [0.1, 0.15) is 17.3 Å². The normalized spacial score (nSPS) is 18.1. The van der Waals surface area contributed by atoms with Crippen molar-refractivity contribution in [1.29, 1.82) is 0 Å². The molecule has 0 bridgehead atoms. The molecule has 1 fully saturated rings. The SMILES string of the molecule is O=C(N[C@@H](c1cc(F)cc(OC(F)(F)C(F)F)c1)c1ccc(Cl)cn1)N1CC(F)(F)C(F)(F)C1. The van der Waals surface area contributed by atoms with Gasteiger partial charge in [-0.1, -0.05) is 11.6 Å². The molecule has 1 aromatic heterocycles. The predicted molar refractivity (Wildman–Crippen MR) is 99.1 cm³/mol. The van der Waals surface area contributed by atoms with Crippen LogP contribution in [0.5, 0.6) is 5.75 Å². The lowest BCUT2D eigenvalue weighted by molar-refractivity contribution is -0.253. The Bertz CT molecular complexity index is 1040. The molecule has 1 aromatic carbocycles. The molecule has 2 amide bonds. The van der Waals surface area contributed by atoms with Crippen molar-refractivity contribution in [3.8, 4) is 5.75 Å². The highest BCUT2D eigenvalue weighted by atomic mass is 35.5. The molecule has 5 nitrogen and oxygen atoms in total. The van der Waals surface area contributed by atoms with Crippen LogP contribution in [0.25, 0.3) is 0 Å². The van der Waals surface area contributed by atoms with Gasteiger partial charge in [0.2, 0.25) is 0 Å². The number of carbonyl (C=O) groups excluding carboxylic acids is 1. The summed E-state index contributed by atoms with van der Waals surface area (Å²) in [6.45, 7) is -3.27. The van der Waals surface area contributed by atoms with Crippen LogP contribution in [-0.2, 0) is 0 Å². The maximum absolute atomic E-state index is 14.1. The fourth-order valence-corrected chi connectivity index (χ4v) is 3.13. The maximum Gasteiger partial charge on any atom is 0.461 e. The van der Waals surface area contributed by atoms with Crippen LogP contribution in [0.2, 0.25) is 5.02 Å². The zero-order valence-corrected chi connectivity index (χ0v) is 17.3. The molecule has 1 aliphatic heterocycles. The minimum absolute atomic E-state index is 0.102. The summed E-state index contributed by atoms with van der Waals surface area (Å²) in [4.78, 5) is 16.4. The number of hydrogen-bond donors (Lipinski definition) is 1. The molecule has 0 unspecified atom stereocenters. The average Bonchev–Trinajstić information content (AvgIpc) is 2.93. The molecule has 1 N–H and O–H groups in total. The van der Waals surface area contributed by atoms with Crippen molar-refractivity contribution in [3.05, 3.63) is 58.6 Å². The van der Waals surface area contributed by atoms with Crippen LogP contribution >= 0.6 is 11.6 Å². The van der Waals surface area contributed by atoms with Crippen molar-refractivity contribution in [2.75, 3.05) is 13.1 Å². The molecule has 0 saturated carbocycles.